The Morgan fingerprint density at radius 2 is 2.38 bits per heavy atom. The first-order valence-electron chi connectivity index (χ1n) is 3.82. The van der Waals surface area contributed by atoms with Crippen LogP contribution >= 0.6 is 0 Å². The maximum Gasteiger partial charge on any atom is 0.337 e. The van der Waals surface area contributed by atoms with E-state index in [1.807, 2.05) is 7.05 Å². The van der Waals surface area contributed by atoms with E-state index < -0.39 is 5.97 Å². The van der Waals surface area contributed by atoms with Gasteiger partial charge in [0.1, 0.15) is 0 Å². The Hall–Kier alpha value is -1.84. The molecule has 0 spiro atoms. The number of hydrogen-bond acceptors (Lipinski definition) is 2. The molecule has 13 heavy (non-hydrogen) atoms. The Labute approximate surface area is 74.4 Å². The molecule has 66 valence electrons. The van der Waals surface area contributed by atoms with E-state index in [0.717, 1.165) is 5.52 Å². The quantitative estimate of drug-likeness (QED) is 0.711. The zero-order chi connectivity index (χ0) is 9.42. The normalized spacial score (nSPS) is 10.5. The van der Waals surface area contributed by atoms with Crippen molar-refractivity contribution in [1.82, 2.24) is 9.55 Å². The van der Waals surface area contributed by atoms with Gasteiger partial charge in [-0.25, -0.2) is 4.79 Å². The molecule has 0 aliphatic heterocycles. The monoisotopic (exact) mass is 176 g/mol. The number of aryl methyl sites for hydroxylation is 1. The highest BCUT2D eigenvalue weighted by atomic mass is 16.4. The summed E-state index contributed by atoms with van der Waals surface area (Å²) >= 11 is 0. The third-order valence-electron chi connectivity index (χ3n) is 2.02. The Kier molecular flexibility index (Phi) is 1.55. The number of rotatable bonds is 1. The number of carboxylic acids is 1. The molecule has 0 aliphatic carbocycles. The van der Waals surface area contributed by atoms with Crippen LogP contribution in [0, 0.1) is 0 Å². The van der Waals surface area contributed by atoms with E-state index in [-0.39, 0.29) is 0 Å². The fourth-order valence-electron chi connectivity index (χ4n) is 1.41. The standard InChI is InChI=1S/C9H8N2O2/c1-11-5-7(9(12)13)6-4-10-3-2-8(6)11/h2-5H,1H3,(H,12,13). The highest BCUT2D eigenvalue weighted by Crippen LogP contribution is 2.18. The molecule has 0 aromatic carbocycles. The predicted molar refractivity (Wildman–Crippen MR) is 47.7 cm³/mol. The Morgan fingerprint density at radius 3 is 3.08 bits per heavy atom. The lowest BCUT2D eigenvalue weighted by Crippen LogP contribution is -1.93. The first kappa shape index (κ1) is 7.79. The molecular weight excluding hydrogens is 168 g/mol. The lowest BCUT2D eigenvalue weighted by molar-refractivity contribution is 0.0699. The second-order valence-electron chi connectivity index (χ2n) is 2.85. The van der Waals surface area contributed by atoms with E-state index in [9.17, 15) is 4.79 Å². The van der Waals surface area contributed by atoms with Crippen LogP contribution in [0.2, 0.25) is 0 Å². The third-order valence-corrected chi connectivity index (χ3v) is 2.02. The summed E-state index contributed by atoms with van der Waals surface area (Å²) in [5, 5.41) is 9.53. The summed E-state index contributed by atoms with van der Waals surface area (Å²) in [6, 6.07) is 1.79. The summed E-state index contributed by atoms with van der Waals surface area (Å²) < 4.78 is 1.78. The molecule has 4 heteroatoms. The highest BCUT2D eigenvalue weighted by molar-refractivity contribution is 6.03. The molecule has 2 heterocycles. The average molecular weight is 176 g/mol. The van der Waals surface area contributed by atoms with Crippen LogP contribution in [-0.4, -0.2) is 20.6 Å². The summed E-state index contributed by atoms with van der Waals surface area (Å²) in [4.78, 5) is 14.7. The maximum absolute atomic E-state index is 10.8. The summed E-state index contributed by atoms with van der Waals surface area (Å²) in [7, 11) is 1.81. The van der Waals surface area contributed by atoms with Gasteiger partial charge in [-0.2, -0.15) is 0 Å². The molecule has 2 aromatic rings. The summed E-state index contributed by atoms with van der Waals surface area (Å²) in [5.41, 5.74) is 1.18. The van der Waals surface area contributed by atoms with Crippen molar-refractivity contribution < 1.29 is 9.90 Å². The van der Waals surface area contributed by atoms with Gasteiger partial charge in [-0.15, -0.1) is 0 Å². The molecule has 0 aliphatic rings. The van der Waals surface area contributed by atoms with Crippen LogP contribution in [0.1, 0.15) is 10.4 Å². The van der Waals surface area contributed by atoms with Crippen molar-refractivity contribution in [1.29, 1.82) is 0 Å². The zero-order valence-corrected chi connectivity index (χ0v) is 7.06. The largest absolute Gasteiger partial charge is 0.478 e. The SMILES string of the molecule is Cn1cc(C(=O)O)c2cnccc21. The molecule has 0 saturated carbocycles. The van der Waals surface area contributed by atoms with Gasteiger partial charge in [0.2, 0.25) is 0 Å². The number of aromatic carboxylic acids is 1. The summed E-state index contributed by atoms with van der Waals surface area (Å²) in [6.45, 7) is 0. The molecule has 0 fully saturated rings. The van der Waals surface area contributed by atoms with Crippen LogP contribution in [-0.2, 0) is 7.05 Å². The van der Waals surface area contributed by atoms with Gasteiger partial charge in [-0.05, 0) is 6.07 Å². The third kappa shape index (κ3) is 1.07. The first-order valence-corrected chi connectivity index (χ1v) is 3.82. The molecule has 0 radical (unpaired) electrons. The lowest BCUT2D eigenvalue weighted by Gasteiger charge is -1.92. The summed E-state index contributed by atoms with van der Waals surface area (Å²) in [5.74, 6) is -0.918. The molecule has 2 aromatic heterocycles. The van der Waals surface area contributed by atoms with Crippen LogP contribution in [0.15, 0.2) is 24.7 Å². The van der Waals surface area contributed by atoms with Crippen molar-refractivity contribution in [2.24, 2.45) is 7.05 Å². The van der Waals surface area contributed by atoms with Crippen molar-refractivity contribution in [2.75, 3.05) is 0 Å². The smallest absolute Gasteiger partial charge is 0.337 e. The number of fused-ring (bicyclic) bond motifs is 1. The molecule has 0 bridgehead atoms. The van der Waals surface area contributed by atoms with Gasteiger partial charge in [0.25, 0.3) is 0 Å². The molecule has 0 atom stereocenters. The van der Waals surface area contributed by atoms with Crippen LogP contribution in [0.5, 0.6) is 0 Å². The van der Waals surface area contributed by atoms with Crippen molar-refractivity contribution in [3.8, 4) is 0 Å². The first-order chi connectivity index (χ1) is 6.20. The number of carbonyl (C=O) groups is 1. The molecule has 0 amide bonds. The molecule has 0 saturated heterocycles. The van der Waals surface area contributed by atoms with Gasteiger partial charge in [0.05, 0.1) is 11.1 Å². The predicted octanol–water partition coefficient (Wildman–Crippen LogP) is 1.27. The number of carboxylic acid groups (broad SMARTS) is 1. The molecule has 4 nitrogen and oxygen atoms in total. The Morgan fingerprint density at radius 1 is 1.62 bits per heavy atom. The molecule has 1 N–H and O–H groups in total. The Bertz CT molecular complexity index is 473. The minimum Gasteiger partial charge on any atom is -0.478 e. The van der Waals surface area contributed by atoms with E-state index in [0.29, 0.717) is 10.9 Å². The van der Waals surface area contributed by atoms with Crippen LogP contribution in [0.25, 0.3) is 10.9 Å². The number of nitrogens with zero attached hydrogens (tertiary/aromatic N) is 2. The fourth-order valence-corrected chi connectivity index (χ4v) is 1.41. The van der Waals surface area contributed by atoms with E-state index in [4.69, 9.17) is 5.11 Å². The maximum atomic E-state index is 10.8. The van der Waals surface area contributed by atoms with Crippen LogP contribution in [0.3, 0.4) is 0 Å². The molecule has 0 unspecified atom stereocenters. The second-order valence-corrected chi connectivity index (χ2v) is 2.85. The van der Waals surface area contributed by atoms with Gasteiger partial charge in [0, 0.05) is 31.0 Å². The van der Waals surface area contributed by atoms with E-state index in [1.165, 1.54) is 0 Å². The van der Waals surface area contributed by atoms with Crippen LogP contribution in [0.4, 0.5) is 0 Å². The number of pyridine rings is 1. The van der Waals surface area contributed by atoms with Gasteiger partial charge in [-0.3, -0.25) is 4.98 Å². The zero-order valence-electron chi connectivity index (χ0n) is 7.06. The fraction of sp³-hybridized carbons (Fsp3) is 0.111. The van der Waals surface area contributed by atoms with Gasteiger partial charge < -0.3 is 9.67 Å². The highest BCUT2D eigenvalue weighted by Gasteiger charge is 2.11. The van der Waals surface area contributed by atoms with E-state index in [2.05, 4.69) is 4.98 Å². The average Bonchev–Trinajstić information content (AvgIpc) is 2.45. The topological polar surface area (TPSA) is 55.1 Å². The molecule has 2 rings (SSSR count). The van der Waals surface area contributed by atoms with Gasteiger partial charge >= 0.3 is 5.97 Å². The second kappa shape index (κ2) is 2.58. The van der Waals surface area contributed by atoms with E-state index in [1.54, 1.807) is 29.2 Å². The van der Waals surface area contributed by atoms with Crippen LogP contribution < -0.4 is 0 Å². The lowest BCUT2D eigenvalue weighted by atomic mass is 10.2. The minimum atomic E-state index is -0.918. The number of hydrogen-bond donors (Lipinski definition) is 1. The Balaban J connectivity index is 2.85. The van der Waals surface area contributed by atoms with E-state index >= 15 is 0 Å². The van der Waals surface area contributed by atoms with Gasteiger partial charge in [0.15, 0.2) is 0 Å². The van der Waals surface area contributed by atoms with Crippen molar-refractivity contribution in [3.63, 3.8) is 0 Å². The summed E-state index contributed by atoms with van der Waals surface area (Å²) in [6.07, 6.45) is 4.81. The van der Waals surface area contributed by atoms with Gasteiger partial charge in [-0.1, -0.05) is 0 Å². The van der Waals surface area contributed by atoms with Crippen molar-refractivity contribution >= 4 is 16.9 Å². The minimum absolute atomic E-state index is 0.297. The van der Waals surface area contributed by atoms with Crippen molar-refractivity contribution in [3.05, 3.63) is 30.2 Å². The van der Waals surface area contributed by atoms with Crippen molar-refractivity contribution in [2.45, 2.75) is 0 Å². The number of aromatic nitrogens is 2. The molecular formula is C9H8N2O2.